The van der Waals surface area contributed by atoms with Crippen LogP contribution in [0.4, 0.5) is 0 Å². The molecule has 2 aromatic rings. The molecule has 0 aliphatic rings. The highest BCUT2D eigenvalue weighted by molar-refractivity contribution is 6.32. The number of ether oxygens (including phenoxy) is 1. The van der Waals surface area contributed by atoms with Crippen molar-refractivity contribution < 1.29 is 9.26 Å². The third kappa shape index (κ3) is 2.40. The number of rotatable bonds is 3. The Labute approximate surface area is 103 Å². The summed E-state index contributed by atoms with van der Waals surface area (Å²) >= 11 is 6.05. The zero-order chi connectivity index (χ0) is 12.3. The van der Waals surface area contributed by atoms with Crippen LogP contribution in [-0.2, 0) is 0 Å². The Morgan fingerprint density at radius 3 is 2.88 bits per heavy atom. The van der Waals surface area contributed by atoms with Crippen LogP contribution in [0.25, 0.3) is 11.3 Å². The lowest BCUT2D eigenvalue weighted by molar-refractivity contribution is 0.340. The summed E-state index contributed by atoms with van der Waals surface area (Å²) in [6.07, 6.45) is 0. The fourth-order valence-corrected chi connectivity index (χ4v) is 1.63. The lowest BCUT2D eigenvalue weighted by atomic mass is 10.1. The van der Waals surface area contributed by atoms with Crippen LogP contribution in [0.1, 0.15) is 12.6 Å². The largest absolute Gasteiger partial charge is 0.492 e. The molecular weight excluding hydrogens is 240 g/mol. The Bertz CT molecular complexity index is 572. The van der Waals surface area contributed by atoms with Crippen LogP contribution in [0.2, 0.25) is 5.02 Å². The predicted octanol–water partition coefficient (Wildman–Crippen LogP) is 3.27. The fraction of sp³-hybridized carbons (Fsp3) is 0.167. The van der Waals surface area contributed by atoms with Crippen LogP contribution in [0.3, 0.4) is 0 Å². The SMILES string of the molecule is CCOc1ccc(-c2cc(C#N)no2)cc1Cl. The molecule has 0 spiro atoms. The molecule has 1 aromatic carbocycles. The van der Waals surface area contributed by atoms with Gasteiger partial charge in [-0.3, -0.25) is 0 Å². The van der Waals surface area contributed by atoms with Crippen molar-refractivity contribution in [2.75, 3.05) is 6.61 Å². The van der Waals surface area contributed by atoms with Crippen LogP contribution >= 0.6 is 11.6 Å². The molecule has 0 saturated heterocycles. The molecule has 0 unspecified atom stereocenters. The number of nitrogens with zero attached hydrogens (tertiary/aromatic N) is 2. The van der Waals surface area contributed by atoms with E-state index < -0.39 is 0 Å². The zero-order valence-electron chi connectivity index (χ0n) is 9.11. The van der Waals surface area contributed by atoms with E-state index in [1.165, 1.54) is 0 Å². The van der Waals surface area contributed by atoms with Crippen molar-refractivity contribution >= 4 is 11.6 Å². The number of nitriles is 1. The van der Waals surface area contributed by atoms with Gasteiger partial charge in [0.2, 0.25) is 0 Å². The third-order valence-electron chi connectivity index (χ3n) is 2.14. The minimum absolute atomic E-state index is 0.241. The van der Waals surface area contributed by atoms with Crippen molar-refractivity contribution in [2.45, 2.75) is 6.92 Å². The van der Waals surface area contributed by atoms with Crippen molar-refractivity contribution in [3.63, 3.8) is 0 Å². The molecule has 0 atom stereocenters. The van der Waals surface area contributed by atoms with E-state index in [1.54, 1.807) is 24.3 Å². The molecule has 0 radical (unpaired) electrons. The minimum atomic E-state index is 0.241. The monoisotopic (exact) mass is 248 g/mol. The van der Waals surface area contributed by atoms with E-state index in [-0.39, 0.29) is 5.69 Å². The first-order valence-corrected chi connectivity index (χ1v) is 5.42. The number of hydrogen-bond acceptors (Lipinski definition) is 4. The lowest BCUT2D eigenvalue weighted by Gasteiger charge is -2.05. The summed E-state index contributed by atoms with van der Waals surface area (Å²) in [7, 11) is 0. The van der Waals surface area contributed by atoms with Gasteiger partial charge in [-0.1, -0.05) is 16.8 Å². The van der Waals surface area contributed by atoms with E-state index in [4.69, 9.17) is 26.1 Å². The van der Waals surface area contributed by atoms with Gasteiger partial charge in [-0.15, -0.1) is 0 Å². The summed E-state index contributed by atoms with van der Waals surface area (Å²) in [5.74, 6) is 1.13. The van der Waals surface area contributed by atoms with Crippen molar-refractivity contribution in [1.29, 1.82) is 5.26 Å². The van der Waals surface area contributed by atoms with Crippen molar-refractivity contribution in [1.82, 2.24) is 5.16 Å². The molecule has 1 heterocycles. The molecule has 4 nitrogen and oxygen atoms in total. The van der Waals surface area contributed by atoms with Crippen LogP contribution < -0.4 is 4.74 Å². The van der Waals surface area contributed by atoms with Crippen LogP contribution in [0.5, 0.6) is 5.75 Å². The molecule has 1 aromatic heterocycles. The third-order valence-corrected chi connectivity index (χ3v) is 2.44. The quantitative estimate of drug-likeness (QED) is 0.836. The molecule has 0 N–H and O–H groups in total. The molecule has 0 aliphatic heterocycles. The standard InChI is InChI=1S/C12H9ClN2O2/c1-2-16-11-4-3-8(5-10(11)13)12-6-9(7-14)15-17-12/h3-6H,2H2,1H3. The molecular formula is C12H9ClN2O2. The van der Waals surface area contributed by atoms with Gasteiger partial charge in [0.15, 0.2) is 11.5 Å². The Morgan fingerprint density at radius 1 is 1.47 bits per heavy atom. The minimum Gasteiger partial charge on any atom is -0.492 e. The highest BCUT2D eigenvalue weighted by Gasteiger charge is 2.09. The topological polar surface area (TPSA) is 59.0 Å². The van der Waals surface area contributed by atoms with Crippen LogP contribution in [0, 0.1) is 11.3 Å². The maximum absolute atomic E-state index is 8.65. The van der Waals surface area contributed by atoms with E-state index in [0.717, 1.165) is 5.56 Å². The summed E-state index contributed by atoms with van der Waals surface area (Å²) < 4.78 is 10.3. The Kier molecular flexibility index (Phi) is 3.31. The second-order valence-corrected chi connectivity index (χ2v) is 3.67. The number of aromatic nitrogens is 1. The first-order chi connectivity index (χ1) is 8.24. The van der Waals surface area contributed by atoms with E-state index in [1.807, 2.05) is 13.0 Å². The van der Waals surface area contributed by atoms with Gasteiger partial charge >= 0.3 is 0 Å². The van der Waals surface area contributed by atoms with Crippen molar-refractivity contribution in [3.8, 4) is 23.1 Å². The fourth-order valence-electron chi connectivity index (χ4n) is 1.39. The summed E-state index contributed by atoms with van der Waals surface area (Å²) in [4.78, 5) is 0. The Hall–Kier alpha value is -1.99. The summed E-state index contributed by atoms with van der Waals surface area (Å²) in [6.45, 7) is 2.44. The van der Waals surface area contributed by atoms with Gasteiger partial charge in [0.05, 0.1) is 11.6 Å². The van der Waals surface area contributed by atoms with Gasteiger partial charge in [-0.25, -0.2) is 0 Å². The molecule has 86 valence electrons. The predicted molar refractivity (Wildman–Crippen MR) is 62.8 cm³/mol. The lowest BCUT2D eigenvalue weighted by Crippen LogP contribution is -1.91. The summed E-state index contributed by atoms with van der Waals surface area (Å²) in [6, 6.07) is 8.74. The molecule has 0 amide bonds. The Morgan fingerprint density at radius 2 is 2.29 bits per heavy atom. The van der Waals surface area contributed by atoms with E-state index in [0.29, 0.717) is 23.1 Å². The molecule has 5 heteroatoms. The maximum Gasteiger partial charge on any atom is 0.184 e. The van der Waals surface area contributed by atoms with Gasteiger partial charge in [-0.2, -0.15) is 5.26 Å². The summed E-state index contributed by atoms with van der Waals surface area (Å²) in [5.41, 5.74) is 0.998. The Balaban J connectivity index is 2.34. The summed E-state index contributed by atoms with van der Waals surface area (Å²) in [5, 5.41) is 12.7. The number of hydrogen-bond donors (Lipinski definition) is 0. The number of benzene rings is 1. The smallest absolute Gasteiger partial charge is 0.184 e. The highest BCUT2D eigenvalue weighted by Crippen LogP contribution is 2.30. The number of halogens is 1. The first-order valence-electron chi connectivity index (χ1n) is 5.04. The molecule has 2 rings (SSSR count). The van der Waals surface area contributed by atoms with E-state index in [9.17, 15) is 0 Å². The van der Waals surface area contributed by atoms with Gasteiger partial charge in [-0.05, 0) is 25.1 Å². The molecule has 0 saturated carbocycles. The zero-order valence-corrected chi connectivity index (χ0v) is 9.86. The van der Waals surface area contributed by atoms with Gasteiger partial charge in [0.1, 0.15) is 11.8 Å². The second kappa shape index (κ2) is 4.89. The van der Waals surface area contributed by atoms with Crippen LogP contribution in [0.15, 0.2) is 28.8 Å². The normalized spacial score (nSPS) is 9.94. The second-order valence-electron chi connectivity index (χ2n) is 3.27. The molecule has 0 fully saturated rings. The maximum atomic E-state index is 8.65. The van der Waals surface area contributed by atoms with E-state index in [2.05, 4.69) is 5.16 Å². The van der Waals surface area contributed by atoms with Gasteiger partial charge in [0.25, 0.3) is 0 Å². The molecule has 0 aliphatic carbocycles. The van der Waals surface area contributed by atoms with Crippen LogP contribution in [-0.4, -0.2) is 11.8 Å². The first kappa shape index (κ1) is 11.5. The average Bonchev–Trinajstić information content (AvgIpc) is 2.80. The van der Waals surface area contributed by atoms with Crippen molar-refractivity contribution in [3.05, 3.63) is 35.0 Å². The van der Waals surface area contributed by atoms with E-state index >= 15 is 0 Å². The van der Waals surface area contributed by atoms with Gasteiger partial charge in [0, 0.05) is 11.6 Å². The highest BCUT2D eigenvalue weighted by atomic mass is 35.5. The van der Waals surface area contributed by atoms with Gasteiger partial charge < -0.3 is 9.26 Å². The molecule has 0 bridgehead atoms. The van der Waals surface area contributed by atoms with Crippen molar-refractivity contribution in [2.24, 2.45) is 0 Å². The molecule has 17 heavy (non-hydrogen) atoms. The average molecular weight is 249 g/mol.